The summed E-state index contributed by atoms with van der Waals surface area (Å²) < 4.78 is 15.9. The van der Waals surface area contributed by atoms with E-state index in [1.54, 1.807) is 14.2 Å². The average molecular weight is 336 g/mol. The molecule has 0 aliphatic heterocycles. The Balaban J connectivity index is 1.64. The SMILES string of the molecule is COc1ccc2cc(COC(=O)Cc3ccccc3OC)ccc2c1. The first-order chi connectivity index (χ1) is 12.2. The Morgan fingerprint density at radius 2 is 1.64 bits per heavy atom. The summed E-state index contributed by atoms with van der Waals surface area (Å²) in [5.74, 6) is 1.24. The van der Waals surface area contributed by atoms with Gasteiger partial charge in [-0.3, -0.25) is 4.79 Å². The monoisotopic (exact) mass is 336 g/mol. The Bertz CT molecular complexity index is 886. The maximum absolute atomic E-state index is 12.1. The number of benzene rings is 3. The van der Waals surface area contributed by atoms with E-state index in [0.29, 0.717) is 5.75 Å². The smallest absolute Gasteiger partial charge is 0.310 e. The first-order valence-electron chi connectivity index (χ1n) is 8.04. The van der Waals surface area contributed by atoms with Crippen LogP contribution in [0.5, 0.6) is 11.5 Å². The highest BCUT2D eigenvalue weighted by molar-refractivity contribution is 5.84. The van der Waals surface area contributed by atoms with E-state index < -0.39 is 0 Å². The van der Waals surface area contributed by atoms with Gasteiger partial charge in [-0.2, -0.15) is 0 Å². The fraction of sp³-hybridized carbons (Fsp3) is 0.190. The third kappa shape index (κ3) is 4.10. The predicted octanol–water partition coefficient (Wildman–Crippen LogP) is 4.14. The first-order valence-corrected chi connectivity index (χ1v) is 8.04. The van der Waals surface area contributed by atoms with Crippen LogP contribution in [0, 0.1) is 0 Å². The van der Waals surface area contributed by atoms with Crippen molar-refractivity contribution in [2.75, 3.05) is 14.2 Å². The van der Waals surface area contributed by atoms with Gasteiger partial charge in [0, 0.05) is 5.56 Å². The maximum Gasteiger partial charge on any atom is 0.310 e. The molecule has 0 radical (unpaired) electrons. The third-order valence-corrected chi connectivity index (χ3v) is 4.04. The number of carbonyl (C=O) groups excluding carboxylic acids is 1. The summed E-state index contributed by atoms with van der Waals surface area (Å²) in [6, 6.07) is 19.3. The van der Waals surface area contributed by atoms with Crippen LogP contribution in [0.1, 0.15) is 11.1 Å². The van der Waals surface area contributed by atoms with Gasteiger partial charge in [0.25, 0.3) is 0 Å². The number of esters is 1. The molecule has 0 bridgehead atoms. The van der Waals surface area contributed by atoms with Crippen LogP contribution >= 0.6 is 0 Å². The zero-order valence-corrected chi connectivity index (χ0v) is 14.3. The van der Waals surface area contributed by atoms with Crippen molar-refractivity contribution >= 4 is 16.7 Å². The van der Waals surface area contributed by atoms with Crippen molar-refractivity contribution in [2.45, 2.75) is 13.0 Å². The van der Waals surface area contributed by atoms with Gasteiger partial charge in [0.2, 0.25) is 0 Å². The second kappa shape index (κ2) is 7.71. The fourth-order valence-corrected chi connectivity index (χ4v) is 2.71. The molecule has 0 atom stereocenters. The van der Waals surface area contributed by atoms with Crippen LogP contribution in [0.3, 0.4) is 0 Å². The predicted molar refractivity (Wildman–Crippen MR) is 97.0 cm³/mol. The van der Waals surface area contributed by atoms with Crippen molar-refractivity contribution in [1.82, 2.24) is 0 Å². The van der Waals surface area contributed by atoms with E-state index in [0.717, 1.165) is 27.6 Å². The molecule has 0 aliphatic carbocycles. The van der Waals surface area contributed by atoms with E-state index in [2.05, 4.69) is 0 Å². The van der Waals surface area contributed by atoms with Gasteiger partial charge < -0.3 is 14.2 Å². The van der Waals surface area contributed by atoms with Gasteiger partial charge in [0.05, 0.1) is 20.6 Å². The molecule has 4 heteroatoms. The zero-order valence-electron chi connectivity index (χ0n) is 14.3. The number of hydrogen-bond donors (Lipinski definition) is 0. The van der Waals surface area contributed by atoms with Crippen LogP contribution in [0.4, 0.5) is 0 Å². The highest BCUT2D eigenvalue weighted by atomic mass is 16.5. The molecule has 0 fully saturated rings. The van der Waals surface area contributed by atoms with Crippen molar-refractivity contribution in [1.29, 1.82) is 0 Å². The molecular formula is C21H20O4. The van der Waals surface area contributed by atoms with E-state index in [-0.39, 0.29) is 19.0 Å². The van der Waals surface area contributed by atoms with Crippen molar-refractivity contribution in [3.05, 3.63) is 71.8 Å². The Labute approximate surface area is 146 Å². The number of fused-ring (bicyclic) bond motifs is 1. The summed E-state index contributed by atoms with van der Waals surface area (Å²) in [5.41, 5.74) is 1.77. The Morgan fingerprint density at radius 1 is 0.880 bits per heavy atom. The zero-order chi connectivity index (χ0) is 17.6. The molecule has 128 valence electrons. The minimum Gasteiger partial charge on any atom is -0.497 e. The van der Waals surface area contributed by atoms with E-state index in [1.165, 1.54) is 0 Å². The standard InChI is InChI=1S/C21H20O4/c1-23-19-10-9-16-11-15(7-8-17(16)12-19)14-25-21(22)13-18-5-3-4-6-20(18)24-2/h3-12H,13-14H2,1-2H3. The lowest BCUT2D eigenvalue weighted by atomic mass is 10.1. The number of para-hydroxylation sites is 1. The van der Waals surface area contributed by atoms with E-state index >= 15 is 0 Å². The molecule has 4 nitrogen and oxygen atoms in total. The van der Waals surface area contributed by atoms with Crippen LogP contribution in [-0.4, -0.2) is 20.2 Å². The van der Waals surface area contributed by atoms with Crippen molar-refractivity contribution in [3.63, 3.8) is 0 Å². The number of methoxy groups -OCH3 is 2. The van der Waals surface area contributed by atoms with Crippen LogP contribution in [0.15, 0.2) is 60.7 Å². The van der Waals surface area contributed by atoms with E-state index in [4.69, 9.17) is 14.2 Å². The van der Waals surface area contributed by atoms with Crippen molar-refractivity contribution in [2.24, 2.45) is 0 Å². The minimum atomic E-state index is -0.278. The average Bonchev–Trinajstić information content (AvgIpc) is 2.66. The van der Waals surface area contributed by atoms with E-state index in [9.17, 15) is 4.79 Å². The number of ether oxygens (including phenoxy) is 3. The molecule has 0 saturated heterocycles. The molecule has 0 spiro atoms. The van der Waals surface area contributed by atoms with Crippen LogP contribution < -0.4 is 9.47 Å². The molecule has 0 unspecified atom stereocenters. The second-order valence-electron chi connectivity index (χ2n) is 5.70. The lowest BCUT2D eigenvalue weighted by Gasteiger charge is -2.09. The molecule has 3 rings (SSSR count). The largest absolute Gasteiger partial charge is 0.497 e. The van der Waals surface area contributed by atoms with Gasteiger partial charge in [-0.15, -0.1) is 0 Å². The van der Waals surface area contributed by atoms with Gasteiger partial charge in [-0.25, -0.2) is 0 Å². The van der Waals surface area contributed by atoms with Crippen molar-refractivity contribution in [3.8, 4) is 11.5 Å². The quantitative estimate of drug-likeness (QED) is 0.635. The molecule has 0 amide bonds. The topological polar surface area (TPSA) is 44.8 Å². The van der Waals surface area contributed by atoms with Crippen molar-refractivity contribution < 1.29 is 19.0 Å². The Hall–Kier alpha value is -3.01. The number of carbonyl (C=O) groups is 1. The van der Waals surface area contributed by atoms with Crippen LogP contribution in [-0.2, 0) is 22.6 Å². The molecule has 0 heterocycles. The lowest BCUT2D eigenvalue weighted by molar-refractivity contribution is -0.144. The summed E-state index contributed by atoms with van der Waals surface area (Å²) in [4.78, 5) is 12.1. The summed E-state index contributed by atoms with van der Waals surface area (Å²) >= 11 is 0. The normalized spacial score (nSPS) is 10.5. The van der Waals surface area contributed by atoms with Crippen LogP contribution in [0.2, 0.25) is 0 Å². The summed E-state index contributed by atoms with van der Waals surface area (Å²) in [6.45, 7) is 0.246. The number of rotatable bonds is 6. The van der Waals surface area contributed by atoms with Gasteiger partial charge in [0.1, 0.15) is 18.1 Å². The Morgan fingerprint density at radius 3 is 2.44 bits per heavy atom. The minimum absolute atomic E-state index is 0.189. The molecule has 0 aliphatic rings. The summed E-state index contributed by atoms with van der Waals surface area (Å²) in [7, 11) is 3.24. The Kier molecular flexibility index (Phi) is 5.19. The molecule has 3 aromatic carbocycles. The summed E-state index contributed by atoms with van der Waals surface area (Å²) in [5, 5.41) is 2.17. The second-order valence-corrected chi connectivity index (χ2v) is 5.70. The molecule has 25 heavy (non-hydrogen) atoms. The summed E-state index contributed by atoms with van der Waals surface area (Å²) in [6.07, 6.45) is 0.189. The van der Waals surface area contributed by atoms with Gasteiger partial charge in [-0.1, -0.05) is 36.4 Å². The maximum atomic E-state index is 12.1. The third-order valence-electron chi connectivity index (χ3n) is 4.04. The highest BCUT2D eigenvalue weighted by Crippen LogP contribution is 2.22. The molecule has 3 aromatic rings. The highest BCUT2D eigenvalue weighted by Gasteiger charge is 2.10. The van der Waals surface area contributed by atoms with E-state index in [1.807, 2.05) is 60.7 Å². The van der Waals surface area contributed by atoms with Gasteiger partial charge in [-0.05, 0) is 40.6 Å². The van der Waals surface area contributed by atoms with Crippen LogP contribution in [0.25, 0.3) is 10.8 Å². The molecule has 0 aromatic heterocycles. The molecule has 0 N–H and O–H groups in total. The molecular weight excluding hydrogens is 316 g/mol. The fourth-order valence-electron chi connectivity index (χ4n) is 2.71. The first kappa shape index (κ1) is 16.8. The lowest BCUT2D eigenvalue weighted by Crippen LogP contribution is -2.08. The van der Waals surface area contributed by atoms with Gasteiger partial charge >= 0.3 is 5.97 Å². The number of hydrogen-bond acceptors (Lipinski definition) is 4. The molecule has 0 saturated carbocycles. The van der Waals surface area contributed by atoms with Gasteiger partial charge in [0.15, 0.2) is 0 Å².